The third-order valence-corrected chi connectivity index (χ3v) is 4.88. The molecule has 1 fully saturated rings. The van der Waals surface area contributed by atoms with E-state index in [1.807, 2.05) is 59.5 Å². The highest BCUT2D eigenvalue weighted by Crippen LogP contribution is 2.35. The first-order chi connectivity index (χ1) is 12.7. The highest BCUT2D eigenvalue weighted by atomic mass is 16.4. The van der Waals surface area contributed by atoms with Gasteiger partial charge in [-0.05, 0) is 48.9 Å². The van der Waals surface area contributed by atoms with Crippen LogP contribution < -0.4 is 10.2 Å². The molecule has 2 N–H and O–H groups in total. The lowest BCUT2D eigenvalue weighted by Gasteiger charge is -2.34. The number of benzene rings is 2. The van der Waals surface area contributed by atoms with Gasteiger partial charge in [0.25, 0.3) is 0 Å². The average Bonchev–Trinajstić information content (AvgIpc) is 2.68. The number of piperidine rings is 1. The summed E-state index contributed by atoms with van der Waals surface area (Å²) in [4.78, 5) is 18.3. The fourth-order valence-electron chi connectivity index (χ4n) is 3.65. The molecule has 0 spiro atoms. The monoisotopic (exact) mass is 347 g/mol. The Hall–Kier alpha value is -3.08. The number of carboxylic acid groups (broad SMARTS) is 1. The van der Waals surface area contributed by atoms with E-state index < -0.39 is 12.0 Å². The minimum atomic E-state index is -0.781. The maximum absolute atomic E-state index is 11.8. The Labute approximate surface area is 152 Å². The standard InChI is InChI=1S/C21H21N3O2/c25-21(26)18-11-4-5-14-24(18)20-19-15(12-13-22-20)7-6-10-17(19)23-16-8-2-1-3-9-16/h1-3,6-10,12-13,18,23H,4-5,11,14H2,(H,25,26). The number of nitrogens with one attached hydrogen (secondary N) is 1. The molecule has 3 aromatic rings. The van der Waals surface area contributed by atoms with Crippen molar-refractivity contribution in [1.29, 1.82) is 0 Å². The SMILES string of the molecule is O=C(O)C1CCCCN1c1nccc2cccc(Nc3ccccc3)c12. The molecule has 0 aliphatic carbocycles. The zero-order chi connectivity index (χ0) is 17.9. The second-order valence-electron chi connectivity index (χ2n) is 6.57. The minimum Gasteiger partial charge on any atom is -0.480 e. The second kappa shape index (κ2) is 7.04. The van der Waals surface area contributed by atoms with Crippen LogP contribution in [0.25, 0.3) is 10.8 Å². The average molecular weight is 347 g/mol. The Bertz CT molecular complexity index is 922. The van der Waals surface area contributed by atoms with Crippen molar-refractivity contribution in [1.82, 2.24) is 4.98 Å². The number of carboxylic acids is 1. The van der Waals surface area contributed by atoms with Crippen LogP contribution in [0.3, 0.4) is 0 Å². The lowest BCUT2D eigenvalue weighted by molar-refractivity contribution is -0.139. The summed E-state index contributed by atoms with van der Waals surface area (Å²) in [7, 11) is 0. The Kier molecular flexibility index (Phi) is 4.44. The molecule has 1 unspecified atom stereocenters. The fourth-order valence-corrected chi connectivity index (χ4v) is 3.65. The Morgan fingerprint density at radius 1 is 1.08 bits per heavy atom. The van der Waals surface area contributed by atoms with Crippen LogP contribution in [0.4, 0.5) is 17.2 Å². The van der Waals surface area contributed by atoms with E-state index in [0.717, 1.165) is 40.8 Å². The van der Waals surface area contributed by atoms with Crippen molar-refractivity contribution >= 4 is 33.9 Å². The van der Waals surface area contributed by atoms with Gasteiger partial charge in [0.2, 0.25) is 0 Å². The number of aliphatic carboxylic acids is 1. The van der Waals surface area contributed by atoms with E-state index in [2.05, 4.69) is 10.3 Å². The van der Waals surface area contributed by atoms with Gasteiger partial charge in [-0.25, -0.2) is 9.78 Å². The van der Waals surface area contributed by atoms with Gasteiger partial charge < -0.3 is 15.3 Å². The fraction of sp³-hybridized carbons (Fsp3) is 0.238. The third-order valence-electron chi connectivity index (χ3n) is 4.88. The number of nitrogens with zero attached hydrogens (tertiary/aromatic N) is 2. The second-order valence-corrected chi connectivity index (χ2v) is 6.57. The van der Waals surface area contributed by atoms with E-state index in [1.54, 1.807) is 6.20 Å². The predicted octanol–water partition coefficient (Wildman–Crippen LogP) is 4.42. The van der Waals surface area contributed by atoms with Crippen molar-refractivity contribution in [3.05, 3.63) is 60.8 Å². The van der Waals surface area contributed by atoms with E-state index >= 15 is 0 Å². The molecule has 132 valence electrons. The molecular formula is C21H21N3O2. The van der Waals surface area contributed by atoms with E-state index in [-0.39, 0.29) is 0 Å². The Morgan fingerprint density at radius 2 is 1.92 bits per heavy atom. The number of aromatic nitrogens is 1. The van der Waals surface area contributed by atoms with Crippen LogP contribution in [0.1, 0.15) is 19.3 Å². The van der Waals surface area contributed by atoms with Crippen molar-refractivity contribution in [2.24, 2.45) is 0 Å². The molecule has 1 saturated heterocycles. The smallest absolute Gasteiger partial charge is 0.326 e. The molecular weight excluding hydrogens is 326 g/mol. The van der Waals surface area contributed by atoms with E-state index in [4.69, 9.17) is 0 Å². The zero-order valence-corrected chi connectivity index (χ0v) is 14.4. The highest BCUT2D eigenvalue weighted by molar-refractivity contribution is 6.03. The van der Waals surface area contributed by atoms with Crippen LogP contribution in [-0.4, -0.2) is 28.6 Å². The summed E-state index contributed by atoms with van der Waals surface area (Å²) in [5.41, 5.74) is 1.93. The van der Waals surface area contributed by atoms with Crippen LogP contribution in [-0.2, 0) is 4.79 Å². The van der Waals surface area contributed by atoms with Gasteiger partial charge in [0.15, 0.2) is 0 Å². The van der Waals surface area contributed by atoms with Crippen LogP contribution in [0.5, 0.6) is 0 Å². The number of pyridine rings is 1. The van der Waals surface area contributed by atoms with Crippen molar-refractivity contribution in [2.45, 2.75) is 25.3 Å². The van der Waals surface area contributed by atoms with Crippen LogP contribution in [0.15, 0.2) is 60.8 Å². The number of para-hydroxylation sites is 1. The molecule has 2 heterocycles. The van der Waals surface area contributed by atoms with Gasteiger partial charge in [-0.15, -0.1) is 0 Å². The first-order valence-corrected chi connectivity index (χ1v) is 8.93. The van der Waals surface area contributed by atoms with Gasteiger partial charge in [0.05, 0.1) is 5.69 Å². The Balaban J connectivity index is 1.83. The molecule has 5 heteroatoms. The van der Waals surface area contributed by atoms with Crippen LogP contribution >= 0.6 is 0 Å². The number of hydrogen-bond acceptors (Lipinski definition) is 4. The van der Waals surface area contributed by atoms with E-state index in [1.165, 1.54) is 0 Å². The first-order valence-electron chi connectivity index (χ1n) is 8.93. The molecule has 1 aromatic heterocycles. The van der Waals surface area contributed by atoms with Gasteiger partial charge >= 0.3 is 5.97 Å². The van der Waals surface area contributed by atoms with Crippen molar-refractivity contribution < 1.29 is 9.90 Å². The molecule has 1 aliphatic heterocycles. The normalized spacial score (nSPS) is 17.2. The number of anilines is 3. The first kappa shape index (κ1) is 16.4. The van der Waals surface area contributed by atoms with Crippen molar-refractivity contribution in [3.63, 3.8) is 0 Å². The summed E-state index contributed by atoms with van der Waals surface area (Å²) in [6.45, 7) is 0.711. The summed E-state index contributed by atoms with van der Waals surface area (Å²) in [6, 6.07) is 17.5. The van der Waals surface area contributed by atoms with Gasteiger partial charge in [0, 0.05) is 23.8 Å². The van der Waals surface area contributed by atoms with Crippen LogP contribution in [0.2, 0.25) is 0 Å². The zero-order valence-electron chi connectivity index (χ0n) is 14.4. The molecule has 0 radical (unpaired) electrons. The quantitative estimate of drug-likeness (QED) is 0.731. The molecule has 2 aromatic carbocycles. The molecule has 1 aliphatic rings. The summed E-state index contributed by atoms with van der Waals surface area (Å²) < 4.78 is 0. The van der Waals surface area contributed by atoms with Crippen molar-refractivity contribution in [2.75, 3.05) is 16.8 Å². The maximum atomic E-state index is 11.8. The number of hydrogen-bond donors (Lipinski definition) is 2. The molecule has 0 saturated carbocycles. The van der Waals surface area contributed by atoms with Gasteiger partial charge in [-0.2, -0.15) is 0 Å². The van der Waals surface area contributed by atoms with Crippen molar-refractivity contribution in [3.8, 4) is 0 Å². The van der Waals surface area contributed by atoms with E-state index in [0.29, 0.717) is 13.0 Å². The number of rotatable bonds is 4. The molecule has 1 atom stereocenters. The lowest BCUT2D eigenvalue weighted by atomic mass is 10.0. The summed E-state index contributed by atoms with van der Waals surface area (Å²) in [5, 5.41) is 15.1. The minimum absolute atomic E-state index is 0.522. The number of carbonyl (C=O) groups is 1. The molecule has 0 amide bonds. The van der Waals surface area contributed by atoms with Gasteiger partial charge in [0.1, 0.15) is 11.9 Å². The lowest BCUT2D eigenvalue weighted by Crippen LogP contribution is -2.45. The maximum Gasteiger partial charge on any atom is 0.326 e. The Morgan fingerprint density at radius 3 is 2.73 bits per heavy atom. The summed E-state index contributed by atoms with van der Waals surface area (Å²) in [5.74, 6) is -0.0365. The summed E-state index contributed by atoms with van der Waals surface area (Å²) in [6.07, 6.45) is 4.34. The third kappa shape index (κ3) is 3.08. The summed E-state index contributed by atoms with van der Waals surface area (Å²) >= 11 is 0. The number of fused-ring (bicyclic) bond motifs is 1. The predicted molar refractivity (Wildman–Crippen MR) is 104 cm³/mol. The molecule has 26 heavy (non-hydrogen) atoms. The van der Waals surface area contributed by atoms with E-state index in [9.17, 15) is 9.90 Å². The molecule has 5 nitrogen and oxygen atoms in total. The molecule has 4 rings (SSSR count). The van der Waals surface area contributed by atoms with Gasteiger partial charge in [-0.1, -0.05) is 30.3 Å². The highest BCUT2D eigenvalue weighted by Gasteiger charge is 2.30. The van der Waals surface area contributed by atoms with Crippen LogP contribution in [0, 0.1) is 0 Å². The largest absolute Gasteiger partial charge is 0.480 e. The molecule has 0 bridgehead atoms. The van der Waals surface area contributed by atoms with Gasteiger partial charge in [-0.3, -0.25) is 0 Å². The topological polar surface area (TPSA) is 65.5 Å².